The molecule has 0 spiro atoms. The van der Waals surface area contributed by atoms with Crippen molar-refractivity contribution in [3.05, 3.63) is 16.9 Å². The van der Waals surface area contributed by atoms with Gasteiger partial charge in [-0.2, -0.15) is 0 Å². The molecule has 1 heterocycles. The molecule has 0 aliphatic heterocycles. The van der Waals surface area contributed by atoms with Crippen molar-refractivity contribution in [2.75, 3.05) is 26.1 Å². The Labute approximate surface area is 86.7 Å². The Morgan fingerprint density at radius 2 is 2.14 bits per heavy atom. The molecule has 5 nitrogen and oxygen atoms in total. The normalized spacial score (nSPS) is 9.71. The fraction of sp³-hybridized carbons (Fsp3) is 0.375. The van der Waals surface area contributed by atoms with E-state index in [0.29, 0.717) is 5.95 Å². The SMILES string of the molecule is COC(=O)c1cc(Cl)nc(N(C)C)n1. The minimum Gasteiger partial charge on any atom is -0.464 e. The lowest BCUT2D eigenvalue weighted by Gasteiger charge is -2.10. The van der Waals surface area contributed by atoms with Crippen LogP contribution in [-0.2, 0) is 4.74 Å². The summed E-state index contributed by atoms with van der Waals surface area (Å²) in [6.45, 7) is 0. The molecule has 0 aromatic carbocycles. The first kappa shape index (κ1) is 10.7. The van der Waals surface area contributed by atoms with Gasteiger partial charge in [-0.3, -0.25) is 0 Å². The molecule has 14 heavy (non-hydrogen) atoms. The van der Waals surface area contributed by atoms with Crippen LogP contribution in [0.4, 0.5) is 5.95 Å². The van der Waals surface area contributed by atoms with Gasteiger partial charge >= 0.3 is 5.97 Å². The molecule has 1 aromatic rings. The largest absolute Gasteiger partial charge is 0.464 e. The average Bonchev–Trinajstić information content (AvgIpc) is 2.15. The summed E-state index contributed by atoms with van der Waals surface area (Å²) >= 11 is 5.71. The van der Waals surface area contributed by atoms with Crippen molar-refractivity contribution in [1.29, 1.82) is 0 Å². The predicted octanol–water partition coefficient (Wildman–Crippen LogP) is 0.983. The van der Waals surface area contributed by atoms with Gasteiger partial charge in [0.05, 0.1) is 7.11 Å². The van der Waals surface area contributed by atoms with E-state index in [4.69, 9.17) is 11.6 Å². The number of carbonyl (C=O) groups excluding carboxylic acids is 1. The molecule has 0 saturated heterocycles. The second-order valence-electron chi connectivity index (χ2n) is 2.76. The van der Waals surface area contributed by atoms with Gasteiger partial charge in [0.25, 0.3) is 0 Å². The first-order valence-corrected chi connectivity index (χ1v) is 4.22. The van der Waals surface area contributed by atoms with Gasteiger partial charge in [0.15, 0.2) is 5.69 Å². The monoisotopic (exact) mass is 215 g/mol. The molecule has 0 aliphatic carbocycles. The van der Waals surface area contributed by atoms with E-state index in [1.807, 2.05) is 0 Å². The van der Waals surface area contributed by atoms with E-state index in [-0.39, 0.29) is 10.8 Å². The van der Waals surface area contributed by atoms with E-state index in [1.165, 1.54) is 13.2 Å². The molecule has 1 aromatic heterocycles. The van der Waals surface area contributed by atoms with E-state index in [1.54, 1.807) is 19.0 Å². The number of halogens is 1. The van der Waals surface area contributed by atoms with E-state index in [0.717, 1.165) is 0 Å². The zero-order chi connectivity index (χ0) is 10.7. The van der Waals surface area contributed by atoms with Crippen molar-refractivity contribution in [2.45, 2.75) is 0 Å². The Morgan fingerprint density at radius 1 is 1.50 bits per heavy atom. The Morgan fingerprint density at radius 3 is 2.64 bits per heavy atom. The molecule has 0 aliphatic rings. The van der Waals surface area contributed by atoms with Crippen molar-refractivity contribution in [1.82, 2.24) is 9.97 Å². The molecule has 0 radical (unpaired) electrons. The zero-order valence-electron chi connectivity index (χ0n) is 8.11. The Kier molecular flexibility index (Phi) is 3.24. The number of hydrogen-bond acceptors (Lipinski definition) is 5. The molecule has 76 valence electrons. The van der Waals surface area contributed by atoms with E-state index in [9.17, 15) is 4.79 Å². The second-order valence-corrected chi connectivity index (χ2v) is 3.15. The van der Waals surface area contributed by atoms with Crippen LogP contribution in [0.2, 0.25) is 5.15 Å². The third-order valence-electron chi connectivity index (χ3n) is 1.48. The second kappa shape index (κ2) is 4.23. The van der Waals surface area contributed by atoms with Gasteiger partial charge in [-0.1, -0.05) is 11.6 Å². The first-order chi connectivity index (χ1) is 6.54. The number of aromatic nitrogens is 2. The highest BCUT2D eigenvalue weighted by atomic mass is 35.5. The Bertz CT molecular complexity index is 354. The lowest BCUT2D eigenvalue weighted by atomic mass is 10.4. The van der Waals surface area contributed by atoms with Crippen LogP contribution in [0.15, 0.2) is 6.07 Å². The summed E-state index contributed by atoms with van der Waals surface area (Å²) in [7, 11) is 4.80. The minimum atomic E-state index is -0.530. The van der Waals surface area contributed by atoms with Crippen LogP contribution < -0.4 is 4.90 Å². The minimum absolute atomic E-state index is 0.149. The van der Waals surface area contributed by atoms with Crippen molar-refractivity contribution in [3.63, 3.8) is 0 Å². The summed E-state index contributed by atoms with van der Waals surface area (Å²) in [5, 5.41) is 0.212. The average molecular weight is 216 g/mol. The highest BCUT2D eigenvalue weighted by Crippen LogP contribution is 2.12. The number of nitrogens with zero attached hydrogens (tertiary/aromatic N) is 3. The van der Waals surface area contributed by atoms with Gasteiger partial charge < -0.3 is 9.64 Å². The maximum atomic E-state index is 11.2. The van der Waals surface area contributed by atoms with Crippen LogP contribution in [0.1, 0.15) is 10.5 Å². The maximum absolute atomic E-state index is 11.2. The smallest absolute Gasteiger partial charge is 0.356 e. The number of carbonyl (C=O) groups is 1. The Hall–Kier alpha value is -1.36. The quantitative estimate of drug-likeness (QED) is 0.544. The molecule has 0 N–H and O–H groups in total. The summed E-state index contributed by atoms with van der Waals surface area (Å²) in [6.07, 6.45) is 0. The number of ether oxygens (including phenoxy) is 1. The van der Waals surface area contributed by atoms with Crippen LogP contribution in [-0.4, -0.2) is 37.1 Å². The molecule has 0 fully saturated rings. The molecule has 0 atom stereocenters. The molecule has 6 heteroatoms. The highest BCUT2D eigenvalue weighted by molar-refractivity contribution is 6.29. The number of anilines is 1. The number of methoxy groups -OCH3 is 1. The molecule has 1 rings (SSSR count). The molecular weight excluding hydrogens is 206 g/mol. The van der Waals surface area contributed by atoms with Gasteiger partial charge in [0.1, 0.15) is 5.15 Å². The van der Waals surface area contributed by atoms with E-state index < -0.39 is 5.97 Å². The van der Waals surface area contributed by atoms with Gasteiger partial charge in [-0.15, -0.1) is 0 Å². The lowest BCUT2D eigenvalue weighted by molar-refractivity contribution is 0.0594. The van der Waals surface area contributed by atoms with Crippen molar-refractivity contribution in [3.8, 4) is 0 Å². The summed E-state index contributed by atoms with van der Waals surface area (Å²) in [4.78, 5) is 20.7. The number of rotatable bonds is 2. The van der Waals surface area contributed by atoms with Gasteiger partial charge in [-0.05, 0) is 0 Å². The Balaban J connectivity index is 3.13. The molecule has 0 bridgehead atoms. The van der Waals surface area contributed by atoms with Crippen LogP contribution in [0.5, 0.6) is 0 Å². The standard InChI is InChI=1S/C8H10ClN3O2/c1-12(2)8-10-5(7(13)14-3)4-6(9)11-8/h4H,1-3H3. The topological polar surface area (TPSA) is 55.3 Å². The summed E-state index contributed by atoms with van der Waals surface area (Å²) in [6, 6.07) is 1.36. The first-order valence-electron chi connectivity index (χ1n) is 3.85. The molecule has 0 unspecified atom stereocenters. The third-order valence-corrected chi connectivity index (χ3v) is 1.67. The summed E-state index contributed by atoms with van der Waals surface area (Å²) < 4.78 is 4.52. The number of hydrogen-bond donors (Lipinski definition) is 0. The van der Waals surface area contributed by atoms with Crippen LogP contribution in [0, 0.1) is 0 Å². The maximum Gasteiger partial charge on any atom is 0.356 e. The van der Waals surface area contributed by atoms with Crippen molar-refractivity contribution < 1.29 is 9.53 Å². The fourth-order valence-corrected chi connectivity index (χ4v) is 0.994. The van der Waals surface area contributed by atoms with E-state index >= 15 is 0 Å². The molecule has 0 saturated carbocycles. The predicted molar refractivity (Wildman–Crippen MR) is 52.7 cm³/mol. The van der Waals surface area contributed by atoms with Crippen molar-refractivity contribution in [2.24, 2.45) is 0 Å². The van der Waals surface area contributed by atoms with Crippen LogP contribution in [0.3, 0.4) is 0 Å². The van der Waals surface area contributed by atoms with E-state index in [2.05, 4.69) is 14.7 Å². The van der Waals surface area contributed by atoms with Gasteiger partial charge in [0.2, 0.25) is 5.95 Å². The van der Waals surface area contributed by atoms with Gasteiger partial charge in [0, 0.05) is 20.2 Å². The lowest BCUT2D eigenvalue weighted by Crippen LogP contribution is -2.15. The summed E-state index contributed by atoms with van der Waals surface area (Å²) in [5.74, 6) is -0.157. The zero-order valence-corrected chi connectivity index (χ0v) is 8.87. The van der Waals surface area contributed by atoms with Crippen molar-refractivity contribution >= 4 is 23.5 Å². The van der Waals surface area contributed by atoms with Crippen LogP contribution in [0.25, 0.3) is 0 Å². The van der Waals surface area contributed by atoms with Crippen LogP contribution >= 0.6 is 11.6 Å². The highest BCUT2D eigenvalue weighted by Gasteiger charge is 2.11. The molecule has 0 amide bonds. The molecular formula is C8H10ClN3O2. The third kappa shape index (κ3) is 2.32. The summed E-state index contributed by atoms with van der Waals surface area (Å²) in [5.41, 5.74) is 0.149. The fourth-order valence-electron chi connectivity index (χ4n) is 0.815. The number of esters is 1. The van der Waals surface area contributed by atoms with Gasteiger partial charge in [-0.25, -0.2) is 14.8 Å².